The highest BCUT2D eigenvalue weighted by atomic mass is 28.4. The van der Waals surface area contributed by atoms with Crippen molar-refractivity contribution in [1.82, 2.24) is 4.98 Å². The molecule has 1 atom stereocenters. The normalized spacial score (nSPS) is 15.4. The largest absolute Gasteiger partial charge is 0.396 e. The highest BCUT2D eigenvalue weighted by Gasteiger charge is 2.34. The monoisotopic (exact) mass is 220 g/mol. The second-order valence-electron chi connectivity index (χ2n) is 4.57. The first-order valence-corrected chi connectivity index (χ1v) is 8.31. The van der Waals surface area contributed by atoms with E-state index in [1.54, 1.807) is 13.1 Å². The third kappa shape index (κ3) is 3.15. The molecule has 1 heterocycles. The van der Waals surface area contributed by atoms with Gasteiger partial charge in [0.15, 0.2) is 13.9 Å². The van der Waals surface area contributed by atoms with E-state index >= 15 is 0 Å². The minimum Gasteiger partial charge on any atom is -0.396 e. The van der Waals surface area contributed by atoms with Crippen molar-refractivity contribution in [3.8, 4) is 6.07 Å². The molecular weight excluding hydrogens is 204 g/mol. The predicted octanol–water partition coefficient (Wildman–Crippen LogP) is 2.67. The zero-order valence-corrected chi connectivity index (χ0v) is 10.6. The maximum Gasteiger partial charge on any atom is 0.186 e. The molecule has 80 valence electrons. The maximum absolute atomic E-state index is 9.21. The quantitative estimate of drug-likeness (QED) is 0.736. The lowest BCUT2D eigenvalue weighted by Gasteiger charge is -2.29. The summed E-state index contributed by atoms with van der Waals surface area (Å²) in [5.41, 5.74) is -0.249. The number of rotatable bonds is 3. The van der Waals surface area contributed by atoms with Gasteiger partial charge in [0, 0.05) is 6.20 Å². The zero-order valence-electron chi connectivity index (χ0n) is 9.61. The standard InChI is InChI=1S/C11H16N2OSi/c1-11(9-12,14-15(2,3)4)10-7-5-6-8-13-10/h5-8H,1-4H3/t11-/m0/s1. The minimum absolute atomic E-state index is 0.676. The van der Waals surface area contributed by atoms with Gasteiger partial charge in [-0.15, -0.1) is 0 Å². The number of pyridine rings is 1. The van der Waals surface area contributed by atoms with E-state index in [2.05, 4.69) is 30.7 Å². The van der Waals surface area contributed by atoms with Gasteiger partial charge in [0.1, 0.15) is 6.07 Å². The Morgan fingerprint density at radius 2 is 2.07 bits per heavy atom. The highest BCUT2D eigenvalue weighted by molar-refractivity contribution is 6.69. The van der Waals surface area contributed by atoms with Crippen LogP contribution in [-0.4, -0.2) is 13.3 Å². The number of aromatic nitrogens is 1. The molecule has 0 bridgehead atoms. The number of hydrogen-bond acceptors (Lipinski definition) is 3. The molecule has 0 amide bonds. The van der Waals surface area contributed by atoms with Crippen molar-refractivity contribution in [2.24, 2.45) is 0 Å². The van der Waals surface area contributed by atoms with Crippen molar-refractivity contribution < 1.29 is 4.43 Å². The summed E-state index contributed by atoms with van der Waals surface area (Å²) >= 11 is 0. The molecule has 3 nitrogen and oxygen atoms in total. The fourth-order valence-electron chi connectivity index (χ4n) is 1.39. The van der Waals surface area contributed by atoms with Gasteiger partial charge in [-0.25, -0.2) is 0 Å². The van der Waals surface area contributed by atoms with Gasteiger partial charge in [0.05, 0.1) is 5.69 Å². The van der Waals surface area contributed by atoms with Crippen LogP contribution in [0.1, 0.15) is 12.6 Å². The lowest BCUT2D eigenvalue weighted by atomic mass is 10.0. The first-order chi connectivity index (χ1) is 6.87. The van der Waals surface area contributed by atoms with Crippen LogP contribution < -0.4 is 0 Å². The van der Waals surface area contributed by atoms with Crippen molar-refractivity contribution in [2.45, 2.75) is 32.2 Å². The van der Waals surface area contributed by atoms with E-state index in [9.17, 15) is 5.26 Å². The van der Waals surface area contributed by atoms with Crippen LogP contribution in [0.3, 0.4) is 0 Å². The SMILES string of the molecule is C[C@@](C#N)(O[Si](C)(C)C)c1ccccn1. The Morgan fingerprint density at radius 3 is 2.47 bits per heavy atom. The van der Waals surface area contributed by atoms with Crippen molar-refractivity contribution >= 4 is 8.32 Å². The van der Waals surface area contributed by atoms with Crippen molar-refractivity contribution in [3.63, 3.8) is 0 Å². The Kier molecular flexibility index (Phi) is 3.27. The zero-order chi connectivity index (χ0) is 11.5. The van der Waals surface area contributed by atoms with E-state index in [0.717, 1.165) is 0 Å². The fourth-order valence-corrected chi connectivity index (χ4v) is 2.76. The minimum atomic E-state index is -1.76. The third-order valence-electron chi connectivity index (χ3n) is 1.88. The lowest BCUT2D eigenvalue weighted by molar-refractivity contribution is 0.136. The second-order valence-corrected chi connectivity index (χ2v) is 9.00. The Morgan fingerprint density at radius 1 is 1.40 bits per heavy atom. The fraction of sp³-hybridized carbons (Fsp3) is 0.455. The molecule has 0 aliphatic rings. The van der Waals surface area contributed by atoms with Crippen LogP contribution in [0.4, 0.5) is 0 Å². The Bertz CT molecular complexity index is 366. The predicted molar refractivity (Wildman–Crippen MR) is 61.6 cm³/mol. The molecule has 4 heteroatoms. The van der Waals surface area contributed by atoms with Crippen LogP contribution in [-0.2, 0) is 10.0 Å². The summed E-state index contributed by atoms with van der Waals surface area (Å²) in [6, 6.07) is 7.72. The number of hydrogen-bond donors (Lipinski definition) is 0. The molecule has 0 saturated carbocycles. The molecule has 0 spiro atoms. The van der Waals surface area contributed by atoms with Crippen molar-refractivity contribution in [3.05, 3.63) is 30.1 Å². The molecule has 0 saturated heterocycles. The van der Waals surface area contributed by atoms with Gasteiger partial charge in [0.25, 0.3) is 0 Å². The van der Waals surface area contributed by atoms with Crippen LogP contribution in [0.15, 0.2) is 24.4 Å². The first-order valence-electron chi connectivity index (χ1n) is 4.90. The second kappa shape index (κ2) is 4.13. The van der Waals surface area contributed by atoms with E-state index in [1.165, 1.54) is 0 Å². The molecule has 0 aliphatic carbocycles. The van der Waals surface area contributed by atoms with Gasteiger partial charge < -0.3 is 4.43 Å². The number of nitrogens with zero attached hydrogens (tertiary/aromatic N) is 2. The van der Waals surface area contributed by atoms with Gasteiger partial charge in [-0.3, -0.25) is 4.98 Å². The molecule has 0 N–H and O–H groups in total. The molecule has 0 aliphatic heterocycles. The van der Waals surface area contributed by atoms with E-state index in [0.29, 0.717) is 5.69 Å². The average molecular weight is 220 g/mol. The molecular formula is C11H16N2OSi. The summed E-state index contributed by atoms with van der Waals surface area (Å²) in [6.07, 6.45) is 1.68. The molecule has 1 aromatic rings. The van der Waals surface area contributed by atoms with Crippen molar-refractivity contribution in [2.75, 3.05) is 0 Å². The van der Waals surface area contributed by atoms with Gasteiger partial charge >= 0.3 is 0 Å². The Labute approximate surface area is 91.9 Å². The Balaban J connectivity index is 3.03. The highest BCUT2D eigenvalue weighted by Crippen LogP contribution is 2.26. The smallest absolute Gasteiger partial charge is 0.186 e. The summed E-state index contributed by atoms with van der Waals surface area (Å²) in [5.74, 6) is 0. The van der Waals surface area contributed by atoms with E-state index < -0.39 is 13.9 Å². The molecule has 0 radical (unpaired) electrons. The average Bonchev–Trinajstić information content (AvgIpc) is 2.16. The van der Waals surface area contributed by atoms with Crippen LogP contribution in [0, 0.1) is 11.3 Å². The van der Waals surface area contributed by atoms with E-state index in [4.69, 9.17) is 4.43 Å². The van der Waals surface area contributed by atoms with E-state index in [-0.39, 0.29) is 0 Å². The molecule has 1 rings (SSSR count). The van der Waals surface area contributed by atoms with Gasteiger partial charge in [-0.2, -0.15) is 5.26 Å². The summed E-state index contributed by atoms with van der Waals surface area (Å²) < 4.78 is 5.88. The molecule has 0 aromatic carbocycles. The van der Waals surface area contributed by atoms with Crippen LogP contribution in [0.5, 0.6) is 0 Å². The van der Waals surface area contributed by atoms with Crippen molar-refractivity contribution in [1.29, 1.82) is 5.26 Å². The maximum atomic E-state index is 9.21. The number of nitriles is 1. The van der Waals surface area contributed by atoms with Crippen LogP contribution >= 0.6 is 0 Å². The summed E-state index contributed by atoms with van der Waals surface area (Å²) in [4.78, 5) is 4.18. The third-order valence-corrected chi connectivity index (χ3v) is 2.90. The summed E-state index contributed by atoms with van der Waals surface area (Å²) in [7, 11) is -1.76. The summed E-state index contributed by atoms with van der Waals surface area (Å²) in [6.45, 7) is 7.95. The molecule has 1 aromatic heterocycles. The Hall–Kier alpha value is -1.18. The van der Waals surface area contributed by atoms with Gasteiger partial charge in [0.2, 0.25) is 0 Å². The topological polar surface area (TPSA) is 45.9 Å². The van der Waals surface area contributed by atoms with E-state index in [1.807, 2.05) is 18.2 Å². The molecule has 0 fully saturated rings. The molecule has 0 unspecified atom stereocenters. The van der Waals surface area contributed by atoms with Gasteiger partial charge in [-0.05, 0) is 38.7 Å². The van der Waals surface area contributed by atoms with Crippen LogP contribution in [0.2, 0.25) is 19.6 Å². The van der Waals surface area contributed by atoms with Gasteiger partial charge in [-0.1, -0.05) is 6.07 Å². The van der Waals surface area contributed by atoms with Crippen LogP contribution in [0.25, 0.3) is 0 Å². The molecule has 15 heavy (non-hydrogen) atoms. The first kappa shape index (κ1) is 11.9. The lowest BCUT2D eigenvalue weighted by Crippen LogP contribution is -2.38. The summed E-state index contributed by atoms with van der Waals surface area (Å²) in [5, 5.41) is 9.21.